The minimum absolute atomic E-state index is 0.00486. The third-order valence-electron chi connectivity index (χ3n) is 4.32. The number of aromatic nitrogens is 3. The summed E-state index contributed by atoms with van der Waals surface area (Å²) in [7, 11) is 1.87. The van der Waals surface area contributed by atoms with Crippen molar-refractivity contribution < 1.29 is 4.79 Å². The lowest BCUT2D eigenvalue weighted by molar-refractivity contribution is 0.0768. The van der Waals surface area contributed by atoms with E-state index in [1.807, 2.05) is 41.7 Å². The third kappa shape index (κ3) is 3.25. The van der Waals surface area contributed by atoms with Crippen LogP contribution in [-0.4, -0.2) is 38.7 Å². The molecular weight excluding hydrogens is 332 g/mol. The van der Waals surface area contributed by atoms with E-state index in [1.54, 1.807) is 10.9 Å². The molecule has 0 bridgehead atoms. The van der Waals surface area contributed by atoms with Gasteiger partial charge in [-0.3, -0.25) is 9.48 Å². The molecule has 6 heteroatoms. The molecule has 1 aromatic carbocycles. The average Bonchev–Trinajstić information content (AvgIpc) is 3.31. The highest BCUT2D eigenvalue weighted by Crippen LogP contribution is 2.26. The molecule has 1 aliphatic heterocycles. The van der Waals surface area contributed by atoms with Crippen molar-refractivity contribution in [1.82, 2.24) is 19.7 Å². The van der Waals surface area contributed by atoms with E-state index in [9.17, 15) is 4.79 Å². The van der Waals surface area contributed by atoms with E-state index in [0.717, 1.165) is 23.5 Å². The Balaban J connectivity index is 1.47. The Morgan fingerprint density at radius 2 is 2.04 bits per heavy atom. The molecule has 3 aromatic rings. The monoisotopic (exact) mass is 350 g/mol. The van der Waals surface area contributed by atoms with E-state index >= 15 is 0 Å². The highest BCUT2D eigenvalue weighted by molar-refractivity contribution is 7.13. The zero-order chi connectivity index (χ0) is 17.2. The van der Waals surface area contributed by atoms with Crippen molar-refractivity contribution in [3.8, 4) is 10.6 Å². The van der Waals surface area contributed by atoms with Crippen LogP contribution in [0.1, 0.15) is 22.5 Å². The normalized spacial score (nSPS) is 14.4. The first-order valence-electron chi connectivity index (χ1n) is 8.19. The lowest BCUT2D eigenvalue weighted by atomic mass is 9.99. The number of benzene rings is 1. The van der Waals surface area contributed by atoms with Crippen LogP contribution in [0.15, 0.2) is 54.2 Å². The Kier molecular flexibility index (Phi) is 4.19. The number of hydrogen-bond acceptors (Lipinski definition) is 4. The topological polar surface area (TPSA) is 51.0 Å². The first-order chi connectivity index (χ1) is 12.2. The van der Waals surface area contributed by atoms with Gasteiger partial charge in [0.1, 0.15) is 10.7 Å². The predicted molar refractivity (Wildman–Crippen MR) is 99.3 cm³/mol. The van der Waals surface area contributed by atoms with Gasteiger partial charge in [-0.05, 0) is 17.6 Å². The fourth-order valence-corrected chi connectivity index (χ4v) is 3.74. The summed E-state index contributed by atoms with van der Waals surface area (Å²) in [6, 6.07) is 10.3. The smallest absolute Gasteiger partial charge is 0.273 e. The summed E-state index contributed by atoms with van der Waals surface area (Å²) in [5, 5.41) is 6.82. The number of carbonyl (C=O) groups excluding carboxylic acids is 1. The van der Waals surface area contributed by atoms with Gasteiger partial charge < -0.3 is 4.90 Å². The molecule has 0 radical (unpaired) electrons. The van der Waals surface area contributed by atoms with E-state index in [1.165, 1.54) is 22.5 Å². The second kappa shape index (κ2) is 6.64. The zero-order valence-electron chi connectivity index (χ0n) is 13.9. The summed E-state index contributed by atoms with van der Waals surface area (Å²) in [6.45, 7) is 1.35. The lowest BCUT2D eigenvalue weighted by Gasteiger charge is -2.26. The number of hydrogen-bond donors (Lipinski definition) is 0. The first kappa shape index (κ1) is 15.8. The molecule has 126 valence electrons. The molecule has 2 aromatic heterocycles. The highest BCUT2D eigenvalue weighted by Gasteiger charge is 2.21. The molecule has 0 saturated heterocycles. The average molecular weight is 350 g/mol. The van der Waals surface area contributed by atoms with Crippen LogP contribution in [0.5, 0.6) is 0 Å². The zero-order valence-corrected chi connectivity index (χ0v) is 14.7. The molecule has 1 aliphatic rings. The molecule has 0 N–H and O–H groups in total. The minimum Gasteiger partial charge on any atom is -0.333 e. The predicted octanol–water partition coefficient (Wildman–Crippen LogP) is 3.47. The second-order valence-corrected chi connectivity index (χ2v) is 6.90. The molecule has 0 spiro atoms. The summed E-state index contributed by atoms with van der Waals surface area (Å²) >= 11 is 1.48. The van der Waals surface area contributed by atoms with Gasteiger partial charge in [0.2, 0.25) is 0 Å². The van der Waals surface area contributed by atoms with Crippen LogP contribution < -0.4 is 0 Å². The van der Waals surface area contributed by atoms with Crippen molar-refractivity contribution in [2.24, 2.45) is 7.05 Å². The first-order valence-corrected chi connectivity index (χ1v) is 9.07. The molecule has 0 fully saturated rings. The van der Waals surface area contributed by atoms with Crippen LogP contribution in [0.2, 0.25) is 0 Å². The van der Waals surface area contributed by atoms with Crippen molar-refractivity contribution >= 4 is 22.8 Å². The minimum atomic E-state index is -0.00486. The van der Waals surface area contributed by atoms with Crippen LogP contribution >= 0.6 is 11.3 Å². The van der Waals surface area contributed by atoms with Gasteiger partial charge in [0.25, 0.3) is 5.91 Å². The molecule has 1 amide bonds. The van der Waals surface area contributed by atoms with Crippen molar-refractivity contribution in [2.45, 2.75) is 6.42 Å². The Morgan fingerprint density at radius 1 is 1.20 bits per heavy atom. The Bertz CT molecular complexity index is 926. The van der Waals surface area contributed by atoms with Gasteiger partial charge in [-0.1, -0.05) is 36.4 Å². The van der Waals surface area contributed by atoms with Gasteiger partial charge in [-0.2, -0.15) is 5.10 Å². The molecule has 5 nitrogen and oxygen atoms in total. The van der Waals surface area contributed by atoms with E-state index in [0.29, 0.717) is 12.2 Å². The Morgan fingerprint density at radius 3 is 2.72 bits per heavy atom. The largest absolute Gasteiger partial charge is 0.333 e. The van der Waals surface area contributed by atoms with Crippen LogP contribution in [0.3, 0.4) is 0 Å². The second-order valence-electron chi connectivity index (χ2n) is 6.04. The molecule has 0 atom stereocenters. The fourth-order valence-electron chi connectivity index (χ4n) is 2.97. The summed E-state index contributed by atoms with van der Waals surface area (Å²) < 4.78 is 1.73. The fraction of sp³-hybridized carbons (Fsp3) is 0.211. The van der Waals surface area contributed by atoms with Crippen LogP contribution in [-0.2, 0) is 7.05 Å². The molecule has 25 heavy (non-hydrogen) atoms. The maximum absolute atomic E-state index is 12.7. The van der Waals surface area contributed by atoms with Gasteiger partial charge in [0, 0.05) is 37.3 Å². The maximum Gasteiger partial charge on any atom is 0.273 e. The van der Waals surface area contributed by atoms with Crippen molar-refractivity contribution in [3.63, 3.8) is 0 Å². The number of carbonyl (C=O) groups is 1. The quantitative estimate of drug-likeness (QED) is 0.727. The van der Waals surface area contributed by atoms with Crippen LogP contribution in [0, 0.1) is 0 Å². The van der Waals surface area contributed by atoms with E-state index in [2.05, 4.69) is 28.3 Å². The summed E-state index contributed by atoms with van der Waals surface area (Å²) in [5.74, 6) is -0.00486. The summed E-state index contributed by atoms with van der Waals surface area (Å²) in [4.78, 5) is 19.1. The van der Waals surface area contributed by atoms with Crippen molar-refractivity contribution in [2.75, 3.05) is 13.1 Å². The van der Waals surface area contributed by atoms with E-state index in [4.69, 9.17) is 0 Å². The van der Waals surface area contributed by atoms with Crippen LogP contribution in [0.4, 0.5) is 0 Å². The molecular formula is C19H18N4OS. The Labute approximate surface area is 150 Å². The number of amides is 1. The molecule has 0 saturated carbocycles. The lowest BCUT2D eigenvalue weighted by Crippen LogP contribution is -2.34. The number of thiazole rings is 1. The van der Waals surface area contributed by atoms with Gasteiger partial charge in [-0.15, -0.1) is 11.3 Å². The SMILES string of the molecule is Cn1cc(-c2nc(C(=O)N3CC=C(c4ccccc4)CC3)cs2)cn1. The van der Waals surface area contributed by atoms with Crippen LogP contribution in [0.25, 0.3) is 16.1 Å². The van der Waals surface area contributed by atoms with E-state index in [-0.39, 0.29) is 5.91 Å². The highest BCUT2D eigenvalue weighted by atomic mass is 32.1. The standard InChI is InChI=1S/C19H18N4OS/c1-22-12-16(11-20-22)18-21-17(13-25-18)19(24)23-9-7-15(8-10-23)14-5-3-2-4-6-14/h2-7,11-13H,8-10H2,1H3. The number of nitrogens with zero attached hydrogens (tertiary/aromatic N) is 4. The molecule has 0 aliphatic carbocycles. The number of rotatable bonds is 3. The van der Waals surface area contributed by atoms with Crippen molar-refractivity contribution in [1.29, 1.82) is 0 Å². The number of aryl methyl sites for hydroxylation is 1. The third-order valence-corrected chi connectivity index (χ3v) is 5.21. The molecule has 4 rings (SSSR count). The summed E-state index contributed by atoms with van der Waals surface area (Å²) in [5.41, 5.74) is 4.00. The summed E-state index contributed by atoms with van der Waals surface area (Å²) in [6.07, 6.45) is 6.69. The van der Waals surface area contributed by atoms with E-state index < -0.39 is 0 Å². The van der Waals surface area contributed by atoms with Gasteiger partial charge in [0.05, 0.1) is 6.20 Å². The maximum atomic E-state index is 12.7. The molecule has 3 heterocycles. The Hall–Kier alpha value is -2.73. The van der Waals surface area contributed by atoms with Crippen molar-refractivity contribution in [3.05, 3.63) is 65.4 Å². The van der Waals surface area contributed by atoms with Gasteiger partial charge in [-0.25, -0.2) is 4.98 Å². The van der Waals surface area contributed by atoms with Gasteiger partial charge in [0.15, 0.2) is 0 Å². The molecule has 0 unspecified atom stereocenters. The van der Waals surface area contributed by atoms with Gasteiger partial charge >= 0.3 is 0 Å².